The number of fused-ring (bicyclic) bond motifs is 8. The molecule has 2 aromatic carbocycles. The number of nitrogens with one attached hydrogen (secondary N) is 2. The lowest BCUT2D eigenvalue weighted by Crippen LogP contribution is -2.12. The Bertz CT molecular complexity index is 2240. The van der Waals surface area contributed by atoms with Gasteiger partial charge in [-0.3, -0.25) is 0 Å². The molecule has 0 saturated heterocycles. The zero-order valence-electron chi connectivity index (χ0n) is 27.8. The lowest BCUT2D eigenvalue weighted by molar-refractivity contribution is 0.0691. The Morgan fingerprint density at radius 1 is 0.688 bits per heavy atom. The van der Waals surface area contributed by atoms with E-state index in [1.165, 1.54) is 24.3 Å². The van der Waals surface area contributed by atoms with Crippen LogP contribution in [0.25, 0.3) is 45.9 Å². The standard InChI is InChI=1S/C40H36F2N4O2/c1-25(47-15-13-27-5-3-7-29(41)17-27)37-21-35-20-33-10-9-31(43-33)19-32-11-12-34(44-32)23-39-38(22-36(46-39)24-40(37)45-35)26(2)48-16-14-28-6-4-8-30(42)18-28/h3-12,17-26,44-45H,13-16H2,1-2H3/i21D. The van der Waals surface area contributed by atoms with Crippen LogP contribution in [0, 0.1) is 11.6 Å². The molecule has 5 aromatic rings. The number of halogens is 2. The highest BCUT2D eigenvalue weighted by atomic mass is 19.1. The number of H-pyrrole nitrogens is 2. The van der Waals surface area contributed by atoms with Gasteiger partial charge in [0.2, 0.25) is 0 Å². The van der Waals surface area contributed by atoms with Crippen molar-refractivity contribution in [3.05, 3.63) is 142 Å². The first kappa shape index (κ1) is 30.2. The molecular formula is C40H36F2N4O2. The summed E-state index contributed by atoms with van der Waals surface area (Å²) in [5.74, 6) is -0.540. The SMILES string of the molecule is [2H]c1c(C(C)OCCc2cccc(F)c2)c2cc3nc(cc4ccc(cc5nc(cc1[nH]2)C=C5)[nH]4)C(C(C)OCCc1cccc(F)c1)=C3. The van der Waals surface area contributed by atoms with Crippen molar-refractivity contribution in [2.75, 3.05) is 13.2 Å². The third-order valence-corrected chi connectivity index (χ3v) is 8.41. The third-order valence-electron chi connectivity index (χ3n) is 8.41. The molecular weight excluding hydrogens is 606 g/mol. The highest BCUT2D eigenvalue weighted by Gasteiger charge is 2.19. The molecule has 2 atom stereocenters. The minimum atomic E-state index is -0.438. The van der Waals surface area contributed by atoms with Gasteiger partial charge in [-0.1, -0.05) is 24.3 Å². The Labute approximate surface area is 279 Å². The number of rotatable bonds is 10. The van der Waals surface area contributed by atoms with Crippen LogP contribution < -0.4 is 0 Å². The number of hydrogen-bond acceptors (Lipinski definition) is 4. The molecule has 8 heteroatoms. The van der Waals surface area contributed by atoms with E-state index in [0.717, 1.165) is 44.8 Å². The Morgan fingerprint density at radius 3 is 1.98 bits per heavy atom. The van der Waals surface area contributed by atoms with Gasteiger partial charge < -0.3 is 19.4 Å². The Balaban J connectivity index is 1.27. The summed E-state index contributed by atoms with van der Waals surface area (Å²) in [6, 6.07) is 25.1. The summed E-state index contributed by atoms with van der Waals surface area (Å²) < 4.78 is 49.1. The first-order valence-electron chi connectivity index (χ1n) is 16.6. The Kier molecular flexibility index (Phi) is 8.73. The van der Waals surface area contributed by atoms with Crippen molar-refractivity contribution in [1.29, 1.82) is 0 Å². The molecule has 242 valence electrons. The van der Waals surface area contributed by atoms with Gasteiger partial charge in [0, 0.05) is 33.2 Å². The van der Waals surface area contributed by atoms with E-state index in [1.54, 1.807) is 12.1 Å². The minimum absolute atomic E-state index is 0.262. The Hall–Kier alpha value is -5.18. The van der Waals surface area contributed by atoms with E-state index in [4.69, 9.17) is 19.4 Å². The van der Waals surface area contributed by atoms with Crippen molar-refractivity contribution in [3.63, 3.8) is 0 Å². The van der Waals surface area contributed by atoms with Gasteiger partial charge >= 0.3 is 0 Å². The topological polar surface area (TPSA) is 75.8 Å². The van der Waals surface area contributed by atoms with Gasteiger partial charge in [0.05, 0.1) is 49.6 Å². The van der Waals surface area contributed by atoms with Crippen molar-refractivity contribution < 1.29 is 19.6 Å². The van der Waals surface area contributed by atoms with E-state index in [2.05, 4.69) is 9.97 Å². The van der Waals surface area contributed by atoms with Crippen LogP contribution in [-0.4, -0.2) is 39.3 Å². The predicted molar refractivity (Wildman–Crippen MR) is 188 cm³/mol. The molecule has 0 spiro atoms. The van der Waals surface area contributed by atoms with Crippen LogP contribution in [0.15, 0.2) is 91.0 Å². The normalized spacial score (nSPS) is 14.1. The number of aromatic nitrogens is 4. The molecule has 2 unspecified atom stereocenters. The van der Waals surface area contributed by atoms with Crippen LogP contribution in [0.1, 0.15) is 60.8 Å². The van der Waals surface area contributed by atoms with Crippen LogP contribution in [0.3, 0.4) is 0 Å². The summed E-state index contributed by atoms with van der Waals surface area (Å²) in [5.41, 5.74) is 9.38. The molecule has 2 aliphatic heterocycles. The highest BCUT2D eigenvalue weighted by molar-refractivity contribution is 5.87. The molecule has 6 nitrogen and oxygen atoms in total. The highest BCUT2D eigenvalue weighted by Crippen LogP contribution is 2.30. The molecule has 3 aromatic heterocycles. The monoisotopic (exact) mass is 643 g/mol. The maximum Gasteiger partial charge on any atom is 0.123 e. The van der Waals surface area contributed by atoms with Gasteiger partial charge in [-0.25, -0.2) is 18.7 Å². The molecule has 7 rings (SSSR count). The predicted octanol–water partition coefficient (Wildman–Crippen LogP) is 9.27. The van der Waals surface area contributed by atoms with Crippen molar-refractivity contribution in [2.45, 2.75) is 38.9 Å². The zero-order valence-corrected chi connectivity index (χ0v) is 26.8. The first-order chi connectivity index (χ1) is 23.8. The largest absolute Gasteiger partial charge is 0.373 e. The van der Waals surface area contributed by atoms with Crippen LogP contribution in [-0.2, 0) is 22.3 Å². The molecule has 2 N–H and O–H groups in total. The third kappa shape index (κ3) is 7.51. The van der Waals surface area contributed by atoms with Gasteiger partial charge in [0.25, 0.3) is 0 Å². The summed E-state index contributed by atoms with van der Waals surface area (Å²) in [4.78, 5) is 16.6. The number of ether oxygens (including phenoxy) is 2. The van der Waals surface area contributed by atoms with Crippen molar-refractivity contribution in [3.8, 4) is 0 Å². The van der Waals surface area contributed by atoms with Crippen LogP contribution in [0.2, 0.25) is 0 Å². The lowest BCUT2D eigenvalue weighted by atomic mass is 10.1. The quantitative estimate of drug-likeness (QED) is 0.156. The molecule has 48 heavy (non-hydrogen) atoms. The van der Waals surface area contributed by atoms with Crippen molar-refractivity contribution in [1.82, 2.24) is 19.9 Å². The molecule has 0 radical (unpaired) electrons. The van der Waals surface area contributed by atoms with Gasteiger partial charge in [0.1, 0.15) is 11.6 Å². The second kappa shape index (κ2) is 13.9. The zero-order chi connectivity index (χ0) is 33.9. The average Bonchev–Trinajstić information content (AvgIpc) is 3.86. The van der Waals surface area contributed by atoms with Crippen molar-refractivity contribution >= 4 is 45.9 Å². The molecule has 0 aliphatic carbocycles. The second-order valence-electron chi connectivity index (χ2n) is 12.0. The maximum absolute atomic E-state index is 13.7. The minimum Gasteiger partial charge on any atom is -0.373 e. The second-order valence-corrected chi connectivity index (χ2v) is 12.0. The Morgan fingerprint density at radius 2 is 1.31 bits per heavy atom. The van der Waals surface area contributed by atoms with Gasteiger partial charge in [-0.05, 0) is 123 Å². The van der Waals surface area contributed by atoms with Crippen LogP contribution in [0.5, 0.6) is 0 Å². The molecule has 2 aliphatic rings. The number of benzene rings is 2. The van der Waals surface area contributed by atoms with E-state index in [1.807, 2.05) is 80.6 Å². The van der Waals surface area contributed by atoms with Gasteiger partial charge in [-0.2, -0.15) is 0 Å². The van der Waals surface area contributed by atoms with E-state index >= 15 is 0 Å². The van der Waals surface area contributed by atoms with Crippen LogP contribution >= 0.6 is 0 Å². The lowest BCUT2D eigenvalue weighted by Gasteiger charge is -2.14. The number of nitrogens with zero attached hydrogens (tertiary/aromatic N) is 2. The van der Waals surface area contributed by atoms with E-state index in [9.17, 15) is 10.2 Å². The van der Waals surface area contributed by atoms with Crippen LogP contribution in [0.4, 0.5) is 8.78 Å². The summed E-state index contributed by atoms with van der Waals surface area (Å²) in [6.45, 7) is 4.68. The number of hydrogen-bond donors (Lipinski definition) is 2. The summed E-state index contributed by atoms with van der Waals surface area (Å²) in [5, 5.41) is 0. The van der Waals surface area contributed by atoms with Gasteiger partial charge in [0.15, 0.2) is 0 Å². The molecule has 0 amide bonds. The maximum atomic E-state index is 13.7. The molecule has 5 heterocycles. The fraction of sp³-hybridized carbons (Fsp3) is 0.200. The summed E-state index contributed by atoms with van der Waals surface area (Å²) >= 11 is 0. The van der Waals surface area contributed by atoms with E-state index < -0.39 is 6.10 Å². The summed E-state index contributed by atoms with van der Waals surface area (Å²) in [6.07, 6.45) is 6.26. The molecule has 0 saturated carbocycles. The smallest absolute Gasteiger partial charge is 0.123 e. The van der Waals surface area contributed by atoms with E-state index in [-0.39, 0.29) is 17.7 Å². The van der Waals surface area contributed by atoms with E-state index in [0.29, 0.717) is 54.4 Å². The van der Waals surface area contributed by atoms with Gasteiger partial charge in [-0.15, -0.1) is 0 Å². The first-order valence-corrected chi connectivity index (χ1v) is 16.1. The number of aromatic amines is 2. The molecule has 8 bridgehead atoms. The van der Waals surface area contributed by atoms with Crippen molar-refractivity contribution in [2.24, 2.45) is 0 Å². The fourth-order valence-corrected chi connectivity index (χ4v) is 5.97. The fourth-order valence-electron chi connectivity index (χ4n) is 5.97. The summed E-state index contributed by atoms with van der Waals surface area (Å²) in [7, 11) is 0. The molecule has 0 fully saturated rings. The average molecular weight is 644 g/mol.